The van der Waals surface area contributed by atoms with Crippen LogP contribution in [-0.2, 0) is 11.3 Å². The third-order valence-electron chi connectivity index (χ3n) is 2.27. The fourth-order valence-electron chi connectivity index (χ4n) is 1.20. The maximum atomic E-state index is 11.4. The number of carbonyl (C=O) groups excluding carboxylic acids is 1. The molecule has 1 amide bonds. The van der Waals surface area contributed by atoms with Gasteiger partial charge in [-0.25, -0.2) is 0 Å². The summed E-state index contributed by atoms with van der Waals surface area (Å²) >= 11 is 0. The lowest BCUT2D eigenvalue weighted by atomic mass is 10.2. The summed E-state index contributed by atoms with van der Waals surface area (Å²) in [5.41, 5.74) is 1.10. The maximum absolute atomic E-state index is 11.4. The Bertz CT molecular complexity index is 335. The number of carbonyl (C=O) groups is 1. The van der Waals surface area contributed by atoms with Gasteiger partial charge in [0.15, 0.2) is 0 Å². The Kier molecular flexibility index (Phi) is 5.29. The predicted octanol–water partition coefficient (Wildman–Crippen LogP) is 1.47. The van der Waals surface area contributed by atoms with Crippen LogP contribution in [-0.4, -0.2) is 18.5 Å². The molecule has 1 aromatic carbocycles. The molecule has 0 bridgehead atoms. The highest BCUT2D eigenvalue weighted by Gasteiger charge is 2.02. The van der Waals surface area contributed by atoms with Crippen LogP contribution in [0, 0.1) is 0 Å². The quantitative estimate of drug-likeness (QED) is 0.710. The third kappa shape index (κ3) is 4.75. The zero-order valence-electron chi connectivity index (χ0n) is 9.57. The van der Waals surface area contributed by atoms with Gasteiger partial charge in [-0.1, -0.05) is 36.4 Å². The fraction of sp³-hybridized carbons (Fsp3) is 0.308. The Morgan fingerprint density at radius 3 is 2.75 bits per heavy atom. The van der Waals surface area contributed by atoms with Crippen molar-refractivity contribution >= 4 is 5.91 Å². The van der Waals surface area contributed by atoms with Crippen molar-refractivity contribution in [2.45, 2.75) is 19.5 Å². The molecule has 0 aliphatic heterocycles. The van der Waals surface area contributed by atoms with Crippen LogP contribution in [0.2, 0.25) is 0 Å². The minimum absolute atomic E-state index is 0.00227. The molecule has 0 radical (unpaired) electrons. The number of hydrogen-bond acceptors (Lipinski definition) is 2. The van der Waals surface area contributed by atoms with Crippen molar-refractivity contribution in [2.75, 3.05) is 6.54 Å². The molecule has 1 rings (SSSR count). The molecule has 0 heterocycles. The molecular formula is C13H18N2O. The molecule has 0 aliphatic carbocycles. The summed E-state index contributed by atoms with van der Waals surface area (Å²) in [5.74, 6) is -0.00227. The fourth-order valence-corrected chi connectivity index (χ4v) is 1.20. The van der Waals surface area contributed by atoms with E-state index >= 15 is 0 Å². The zero-order valence-corrected chi connectivity index (χ0v) is 9.57. The molecule has 1 aromatic rings. The summed E-state index contributed by atoms with van der Waals surface area (Å²) in [6, 6.07) is 10.0. The molecule has 0 fully saturated rings. The van der Waals surface area contributed by atoms with E-state index in [2.05, 4.69) is 17.2 Å². The highest BCUT2D eigenvalue weighted by atomic mass is 16.1. The lowest BCUT2D eigenvalue weighted by molar-refractivity contribution is -0.120. The van der Waals surface area contributed by atoms with Gasteiger partial charge in [-0.05, 0) is 12.5 Å². The summed E-state index contributed by atoms with van der Waals surface area (Å²) in [6.07, 6.45) is 1.77. The zero-order chi connectivity index (χ0) is 11.8. The third-order valence-corrected chi connectivity index (χ3v) is 2.27. The van der Waals surface area contributed by atoms with E-state index in [4.69, 9.17) is 0 Å². The molecule has 3 nitrogen and oxygen atoms in total. The molecule has 86 valence electrons. The SMILES string of the molecule is C=CC(C)NCC(=O)NCc1ccccc1. The summed E-state index contributed by atoms with van der Waals surface area (Å²) in [5, 5.41) is 5.88. The lowest BCUT2D eigenvalue weighted by Crippen LogP contribution is -2.36. The van der Waals surface area contributed by atoms with E-state index in [1.54, 1.807) is 6.08 Å². The number of nitrogens with one attached hydrogen (secondary N) is 2. The van der Waals surface area contributed by atoms with E-state index in [1.165, 1.54) is 0 Å². The molecule has 0 saturated heterocycles. The molecule has 0 spiro atoms. The van der Waals surface area contributed by atoms with Gasteiger partial charge in [-0.3, -0.25) is 4.79 Å². The van der Waals surface area contributed by atoms with Crippen molar-refractivity contribution in [2.24, 2.45) is 0 Å². The molecule has 0 aliphatic rings. The normalized spacial score (nSPS) is 11.8. The molecule has 2 N–H and O–H groups in total. The van der Waals surface area contributed by atoms with Crippen LogP contribution < -0.4 is 10.6 Å². The minimum atomic E-state index is -0.00227. The average Bonchev–Trinajstić information content (AvgIpc) is 2.34. The lowest BCUT2D eigenvalue weighted by Gasteiger charge is -2.09. The van der Waals surface area contributed by atoms with Crippen LogP contribution in [0.1, 0.15) is 12.5 Å². The van der Waals surface area contributed by atoms with Gasteiger partial charge in [0.1, 0.15) is 0 Å². The van der Waals surface area contributed by atoms with Crippen molar-refractivity contribution in [1.29, 1.82) is 0 Å². The Morgan fingerprint density at radius 2 is 2.12 bits per heavy atom. The minimum Gasteiger partial charge on any atom is -0.351 e. The summed E-state index contributed by atoms with van der Waals surface area (Å²) in [4.78, 5) is 11.4. The van der Waals surface area contributed by atoms with Gasteiger partial charge in [-0.2, -0.15) is 0 Å². The van der Waals surface area contributed by atoms with E-state index in [-0.39, 0.29) is 11.9 Å². The van der Waals surface area contributed by atoms with E-state index < -0.39 is 0 Å². The summed E-state index contributed by atoms with van der Waals surface area (Å²) < 4.78 is 0. The largest absolute Gasteiger partial charge is 0.351 e. The Hall–Kier alpha value is -1.61. The monoisotopic (exact) mass is 218 g/mol. The summed E-state index contributed by atoms with van der Waals surface area (Å²) in [7, 11) is 0. The highest BCUT2D eigenvalue weighted by molar-refractivity contribution is 5.78. The van der Waals surface area contributed by atoms with E-state index in [1.807, 2.05) is 37.3 Å². The van der Waals surface area contributed by atoms with E-state index in [0.29, 0.717) is 13.1 Å². The number of hydrogen-bond donors (Lipinski definition) is 2. The van der Waals surface area contributed by atoms with E-state index in [9.17, 15) is 4.79 Å². The second kappa shape index (κ2) is 6.80. The van der Waals surface area contributed by atoms with Crippen LogP contribution in [0.25, 0.3) is 0 Å². The highest BCUT2D eigenvalue weighted by Crippen LogP contribution is 1.96. The van der Waals surface area contributed by atoms with Crippen molar-refractivity contribution in [3.8, 4) is 0 Å². The summed E-state index contributed by atoms with van der Waals surface area (Å²) in [6.45, 7) is 6.49. The Labute approximate surface area is 96.6 Å². The number of rotatable bonds is 6. The van der Waals surface area contributed by atoms with Crippen molar-refractivity contribution in [3.05, 3.63) is 48.6 Å². The Balaban J connectivity index is 2.23. The first-order valence-electron chi connectivity index (χ1n) is 5.39. The predicted molar refractivity (Wildman–Crippen MR) is 66.0 cm³/mol. The van der Waals surface area contributed by atoms with Crippen LogP contribution in [0.5, 0.6) is 0 Å². The molecule has 0 aromatic heterocycles. The standard InChI is InChI=1S/C13H18N2O/c1-3-11(2)14-10-13(16)15-9-12-7-5-4-6-8-12/h3-8,11,14H,1,9-10H2,2H3,(H,15,16). The molecule has 0 saturated carbocycles. The van der Waals surface area contributed by atoms with Crippen molar-refractivity contribution in [1.82, 2.24) is 10.6 Å². The number of amides is 1. The van der Waals surface area contributed by atoms with Gasteiger partial charge in [-0.15, -0.1) is 6.58 Å². The van der Waals surface area contributed by atoms with Gasteiger partial charge in [0, 0.05) is 12.6 Å². The van der Waals surface area contributed by atoms with Crippen LogP contribution in [0.3, 0.4) is 0 Å². The van der Waals surface area contributed by atoms with E-state index in [0.717, 1.165) is 5.56 Å². The Morgan fingerprint density at radius 1 is 1.44 bits per heavy atom. The second-order valence-corrected chi connectivity index (χ2v) is 3.67. The molecule has 3 heteroatoms. The average molecular weight is 218 g/mol. The first kappa shape index (κ1) is 12.5. The molecule has 16 heavy (non-hydrogen) atoms. The van der Waals surface area contributed by atoms with Crippen LogP contribution in [0.4, 0.5) is 0 Å². The van der Waals surface area contributed by atoms with Gasteiger partial charge < -0.3 is 10.6 Å². The topological polar surface area (TPSA) is 41.1 Å². The first-order chi connectivity index (χ1) is 7.72. The van der Waals surface area contributed by atoms with Gasteiger partial charge in [0.05, 0.1) is 6.54 Å². The smallest absolute Gasteiger partial charge is 0.234 e. The second-order valence-electron chi connectivity index (χ2n) is 3.67. The molecule has 1 atom stereocenters. The molecular weight excluding hydrogens is 200 g/mol. The maximum Gasteiger partial charge on any atom is 0.234 e. The first-order valence-corrected chi connectivity index (χ1v) is 5.39. The van der Waals surface area contributed by atoms with Crippen LogP contribution >= 0.6 is 0 Å². The van der Waals surface area contributed by atoms with Gasteiger partial charge >= 0.3 is 0 Å². The van der Waals surface area contributed by atoms with Crippen molar-refractivity contribution < 1.29 is 4.79 Å². The van der Waals surface area contributed by atoms with Gasteiger partial charge in [0.2, 0.25) is 5.91 Å². The molecule has 1 unspecified atom stereocenters. The van der Waals surface area contributed by atoms with Gasteiger partial charge in [0.25, 0.3) is 0 Å². The number of benzene rings is 1. The van der Waals surface area contributed by atoms with Crippen molar-refractivity contribution in [3.63, 3.8) is 0 Å². The van der Waals surface area contributed by atoms with Crippen LogP contribution in [0.15, 0.2) is 43.0 Å².